The molecular formula is C24H26O2. The largest absolute Gasteiger partial charge is 0.396 e. The van der Waals surface area contributed by atoms with E-state index in [0.717, 1.165) is 12.8 Å². The number of rotatable bonds is 6. The highest BCUT2D eigenvalue weighted by atomic mass is 16.3. The number of fused-ring (bicyclic) bond motifs is 2. The van der Waals surface area contributed by atoms with E-state index < -0.39 is 0 Å². The Labute approximate surface area is 155 Å². The van der Waals surface area contributed by atoms with Crippen molar-refractivity contribution in [2.45, 2.75) is 31.6 Å². The zero-order valence-corrected chi connectivity index (χ0v) is 15.2. The van der Waals surface area contributed by atoms with Crippen molar-refractivity contribution in [1.82, 2.24) is 0 Å². The predicted octanol–water partition coefficient (Wildman–Crippen LogP) is 4.75. The fourth-order valence-electron chi connectivity index (χ4n) is 4.98. The molecule has 134 valence electrons. The van der Waals surface area contributed by atoms with E-state index >= 15 is 0 Å². The van der Waals surface area contributed by atoms with E-state index in [1.165, 1.54) is 33.4 Å². The molecule has 0 bridgehead atoms. The summed E-state index contributed by atoms with van der Waals surface area (Å²) in [5.74, 6) is 1.01. The van der Waals surface area contributed by atoms with Crippen molar-refractivity contribution >= 4 is 12.2 Å². The predicted molar refractivity (Wildman–Crippen MR) is 107 cm³/mol. The Hall–Kier alpha value is -2.16. The molecule has 0 spiro atoms. The molecule has 2 aromatic carbocycles. The minimum Gasteiger partial charge on any atom is -0.396 e. The lowest BCUT2D eigenvalue weighted by Gasteiger charge is -2.31. The van der Waals surface area contributed by atoms with Gasteiger partial charge >= 0.3 is 0 Å². The third-order valence-corrected chi connectivity index (χ3v) is 6.00. The van der Waals surface area contributed by atoms with E-state index in [1.807, 2.05) is 0 Å². The summed E-state index contributed by atoms with van der Waals surface area (Å²) in [4.78, 5) is 0. The van der Waals surface area contributed by atoms with E-state index in [-0.39, 0.29) is 13.2 Å². The van der Waals surface area contributed by atoms with Gasteiger partial charge in [-0.2, -0.15) is 0 Å². The fourth-order valence-corrected chi connectivity index (χ4v) is 4.98. The van der Waals surface area contributed by atoms with Crippen LogP contribution >= 0.6 is 0 Å². The summed E-state index contributed by atoms with van der Waals surface area (Å²) in [5.41, 5.74) is 7.97. The van der Waals surface area contributed by atoms with Crippen LogP contribution in [0.3, 0.4) is 0 Å². The van der Waals surface area contributed by atoms with Crippen molar-refractivity contribution < 1.29 is 10.2 Å². The second kappa shape index (κ2) is 7.22. The molecule has 0 heterocycles. The van der Waals surface area contributed by atoms with Gasteiger partial charge in [-0.05, 0) is 41.0 Å². The molecule has 0 amide bonds. The SMILES string of the molecule is CC(C1C(CCO)=Cc2ccccc21)C1C(CCO)=Cc2ccccc21. The summed E-state index contributed by atoms with van der Waals surface area (Å²) in [5, 5.41) is 19.2. The summed E-state index contributed by atoms with van der Waals surface area (Å²) in [6.45, 7) is 2.70. The molecule has 0 saturated carbocycles. The molecular weight excluding hydrogens is 320 g/mol. The number of benzene rings is 2. The second-order valence-electron chi connectivity index (χ2n) is 7.46. The maximum Gasteiger partial charge on any atom is 0.0468 e. The molecule has 2 aromatic rings. The van der Waals surface area contributed by atoms with Gasteiger partial charge in [0.05, 0.1) is 0 Å². The van der Waals surface area contributed by atoms with E-state index in [0.29, 0.717) is 17.8 Å². The van der Waals surface area contributed by atoms with Gasteiger partial charge in [0.2, 0.25) is 0 Å². The molecule has 0 fully saturated rings. The van der Waals surface area contributed by atoms with Crippen molar-refractivity contribution in [2.75, 3.05) is 13.2 Å². The van der Waals surface area contributed by atoms with Gasteiger partial charge in [-0.3, -0.25) is 0 Å². The molecule has 4 rings (SSSR count). The Morgan fingerprint density at radius 2 is 1.15 bits per heavy atom. The summed E-state index contributed by atoms with van der Waals surface area (Å²) in [7, 11) is 0. The Morgan fingerprint density at radius 1 is 0.731 bits per heavy atom. The molecule has 0 radical (unpaired) electrons. The van der Waals surface area contributed by atoms with Crippen molar-refractivity contribution in [2.24, 2.45) is 5.92 Å². The fraction of sp³-hybridized carbons (Fsp3) is 0.333. The van der Waals surface area contributed by atoms with Crippen molar-refractivity contribution in [3.8, 4) is 0 Å². The molecule has 0 aliphatic heterocycles. The van der Waals surface area contributed by atoms with E-state index in [1.54, 1.807) is 0 Å². The minimum atomic E-state index is 0.184. The highest BCUT2D eigenvalue weighted by Gasteiger charge is 2.38. The van der Waals surface area contributed by atoms with Gasteiger partial charge in [-0.1, -0.05) is 78.8 Å². The van der Waals surface area contributed by atoms with Crippen LogP contribution in [0.25, 0.3) is 12.2 Å². The van der Waals surface area contributed by atoms with Crippen LogP contribution in [0.5, 0.6) is 0 Å². The van der Waals surface area contributed by atoms with Crippen LogP contribution < -0.4 is 0 Å². The van der Waals surface area contributed by atoms with Crippen molar-refractivity contribution in [3.63, 3.8) is 0 Å². The number of hydrogen-bond acceptors (Lipinski definition) is 2. The van der Waals surface area contributed by atoms with E-state index in [2.05, 4.69) is 67.6 Å². The summed E-state index contributed by atoms with van der Waals surface area (Å²) < 4.78 is 0. The maximum absolute atomic E-state index is 9.58. The van der Waals surface area contributed by atoms with E-state index in [4.69, 9.17) is 0 Å². The lowest BCUT2D eigenvalue weighted by molar-refractivity contribution is 0.288. The summed E-state index contributed by atoms with van der Waals surface area (Å²) in [6.07, 6.45) is 5.97. The third kappa shape index (κ3) is 2.84. The first kappa shape index (κ1) is 17.3. The van der Waals surface area contributed by atoms with Crippen molar-refractivity contribution in [3.05, 3.63) is 81.9 Å². The van der Waals surface area contributed by atoms with Gasteiger partial charge in [0.15, 0.2) is 0 Å². The summed E-state index contributed by atoms with van der Waals surface area (Å²) >= 11 is 0. The smallest absolute Gasteiger partial charge is 0.0468 e. The topological polar surface area (TPSA) is 40.5 Å². The lowest BCUT2D eigenvalue weighted by Crippen LogP contribution is -2.20. The highest BCUT2D eigenvalue weighted by Crippen LogP contribution is 2.52. The minimum absolute atomic E-state index is 0.184. The molecule has 2 atom stereocenters. The standard InChI is InChI=1S/C24H26O2/c1-16(23-19(10-12-25)14-17-6-2-4-8-21(17)23)24-20(11-13-26)15-18-7-3-5-9-22(18)24/h2-9,14-16,23-26H,10-13H2,1H3. The van der Waals surface area contributed by atoms with Crippen LogP contribution in [-0.4, -0.2) is 23.4 Å². The first-order valence-corrected chi connectivity index (χ1v) is 9.55. The monoisotopic (exact) mass is 346 g/mol. The molecule has 2 unspecified atom stereocenters. The Bertz CT molecular complexity index is 791. The van der Waals surface area contributed by atoms with Gasteiger partial charge in [-0.25, -0.2) is 0 Å². The van der Waals surface area contributed by atoms with Crippen molar-refractivity contribution in [1.29, 1.82) is 0 Å². The first-order valence-electron chi connectivity index (χ1n) is 9.55. The second-order valence-corrected chi connectivity index (χ2v) is 7.46. The average Bonchev–Trinajstić information content (AvgIpc) is 3.19. The Balaban J connectivity index is 1.75. The molecule has 2 aliphatic rings. The molecule has 0 saturated heterocycles. The Kier molecular flexibility index (Phi) is 4.80. The Morgan fingerprint density at radius 3 is 1.58 bits per heavy atom. The average molecular weight is 346 g/mol. The molecule has 2 heteroatoms. The molecule has 26 heavy (non-hydrogen) atoms. The third-order valence-electron chi connectivity index (χ3n) is 6.00. The molecule has 2 nitrogen and oxygen atoms in total. The number of aliphatic hydroxyl groups is 2. The number of aliphatic hydroxyl groups excluding tert-OH is 2. The van der Waals surface area contributed by atoms with Gasteiger partial charge in [0.25, 0.3) is 0 Å². The zero-order chi connectivity index (χ0) is 18.1. The maximum atomic E-state index is 9.58. The number of hydrogen-bond donors (Lipinski definition) is 2. The van der Waals surface area contributed by atoms with Crippen LogP contribution in [0.4, 0.5) is 0 Å². The zero-order valence-electron chi connectivity index (χ0n) is 15.2. The van der Waals surface area contributed by atoms with Gasteiger partial charge in [-0.15, -0.1) is 0 Å². The quantitative estimate of drug-likeness (QED) is 0.792. The van der Waals surface area contributed by atoms with Crippen LogP contribution in [0.2, 0.25) is 0 Å². The van der Waals surface area contributed by atoms with Gasteiger partial charge < -0.3 is 10.2 Å². The first-order chi connectivity index (χ1) is 12.7. The lowest BCUT2D eigenvalue weighted by atomic mass is 9.72. The van der Waals surface area contributed by atoms with Gasteiger partial charge in [0, 0.05) is 25.0 Å². The summed E-state index contributed by atoms with van der Waals surface area (Å²) in [6, 6.07) is 17.2. The van der Waals surface area contributed by atoms with Gasteiger partial charge in [0.1, 0.15) is 0 Å². The van der Waals surface area contributed by atoms with Crippen LogP contribution in [0.1, 0.15) is 53.9 Å². The van der Waals surface area contributed by atoms with Crippen LogP contribution in [0, 0.1) is 5.92 Å². The van der Waals surface area contributed by atoms with Crippen LogP contribution in [0.15, 0.2) is 59.7 Å². The molecule has 2 aliphatic carbocycles. The highest BCUT2D eigenvalue weighted by molar-refractivity contribution is 5.70. The van der Waals surface area contributed by atoms with E-state index in [9.17, 15) is 10.2 Å². The molecule has 0 aromatic heterocycles. The van der Waals surface area contributed by atoms with Crippen LogP contribution in [-0.2, 0) is 0 Å². The normalized spacial score (nSPS) is 21.8. The molecule has 2 N–H and O–H groups in total.